The number of anilines is 5. The van der Waals surface area contributed by atoms with Crippen molar-refractivity contribution in [2.75, 3.05) is 9.80 Å². The Bertz CT molecular complexity index is 4010. The molecule has 9 aromatic rings. The summed E-state index contributed by atoms with van der Waals surface area (Å²) in [5.41, 5.74) is 18.0. The van der Waals surface area contributed by atoms with Crippen LogP contribution in [0.3, 0.4) is 0 Å². The molecule has 1 aliphatic heterocycles. The molecular formula is C81H94N2O2. The summed E-state index contributed by atoms with van der Waals surface area (Å²) >= 11 is 0. The first-order valence-electron chi connectivity index (χ1n) is 33.2. The third-order valence-electron chi connectivity index (χ3n) is 19.3. The van der Waals surface area contributed by atoms with Crippen LogP contribution >= 0.6 is 0 Å². The molecule has 1 saturated carbocycles. The lowest BCUT2D eigenvalue weighted by Gasteiger charge is -2.35. The Hall–Kier alpha value is -7.30. The predicted octanol–water partition coefficient (Wildman–Crippen LogP) is 25.4. The van der Waals surface area contributed by atoms with Gasteiger partial charge in [0.05, 0.1) is 22.8 Å². The van der Waals surface area contributed by atoms with E-state index in [2.05, 4.69) is 217 Å². The van der Waals surface area contributed by atoms with Gasteiger partial charge in [-0.2, -0.15) is 0 Å². The van der Waals surface area contributed by atoms with Crippen molar-refractivity contribution in [1.29, 1.82) is 0 Å². The average molecular weight is 1130 g/mol. The summed E-state index contributed by atoms with van der Waals surface area (Å²) in [6, 6.07) is 46.5. The Morgan fingerprint density at radius 1 is 0.553 bits per heavy atom. The fourth-order valence-electron chi connectivity index (χ4n) is 15.0. The molecule has 3 aliphatic carbocycles. The highest BCUT2D eigenvalue weighted by Gasteiger charge is 2.34. The summed E-state index contributed by atoms with van der Waals surface area (Å²) in [5.74, 6) is 4.47. The molecule has 2 atom stereocenters. The van der Waals surface area contributed by atoms with Crippen molar-refractivity contribution in [2.24, 2.45) is 11.8 Å². The van der Waals surface area contributed by atoms with Crippen LogP contribution < -0.4 is 9.80 Å². The minimum atomic E-state index is 0.248. The van der Waals surface area contributed by atoms with E-state index >= 15 is 0 Å². The van der Waals surface area contributed by atoms with E-state index in [4.69, 9.17) is 9.15 Å². The van der Waals surface area contributed by atoms with Crippen molar-refractivity contribution >= 4 is 82.7 Å². The zero-order chi connectivity index (χ0) is 59.5. The zero-order valence-corrected chi connectivity index (χ0v) is 53.4. The van der Waals surface area contributed by atoms with Crippen LogP contribution in [0.5, 0.6) is 0 Å². The summed E-state index contributed by atoms with van der Waals surface area (Å²) in [5, 5.41) is 10.1. The Kier molecular flexibility index (Phi) is 18.3. The molecule has 1 aromatic heterocycles. The predicted molar refractivity (Wildman–Crippen MR) is 368 cm³/mol. The average Bonchev–Trinajstić information content (AvgIpc) is 1.29. The summed E-state index contributed by atoms with van der Waals surface area (Å²) in [7, 11) is 0. The van der Waals surface area contributed by atoms with Crippen LogP contribution in [0.15, 0.2) is 184 Å². The van der Waals surface area contributed by atoms with Gasteiger partial charge in [-0.05, 0) is 160 Å². The molecule has 2 bridgehead atoms. The first kappa shape index (κ1) is 59.4. The number of fused-ring (bicyclic) bond motifs is 6. The van der Waals surface area contributed by atoms with E-state index in [-0.39, 0.29) is 11.8 Å². The summed E-state index contributed by atoms with van der Waals surface area (Å²) in [4.78, 5) is 5.12. The van der Waals surface area contributed by atoms with E-state index < -0.39 is 0 Å². The van der Waals surface area contributed by atoms with Crippen molar-refractivity contribution in [1.82, 2.24) is 0 Å². The monoisotopic (exact) mass is 1130 g/mol. The molecule has 0 saturated heterocycles. The van der Waals surface area contributed by atoms with Gasteiger partial charge >= 0.3 is 0 Å². The quantitative estimate of drug-likeness (QED) is 0.0801. The number of unbranched alkanes of at least 4 members (excludes halogenated alkanes) is 1. The first-order valence-corrected chi connectivity index (χ1v) is 33.2. The van der Waals surface area contributed by atoms with Crippen LogP contribution in [0.25, 0.3) is 54.3 Å². The van der Waals surface area contributed by atoms with Crippen molar-refractivity contribution in [3.8, 4) is 0 Å². The Morgan fingerprint density at radius 3 is 1.74 bits per heavy atom. The summed E-state index contributed by atoms with van der Waals surface area (Å²) < 4.78 is 14.9. The molecule has 4 aliphatic rings. The Balaban J connectivity index is 0.00000184. The fraction of sp³-hybridized carbons (Fsp3) is 0.383. The molecule has 2 unspecified atom stereocenters. The summed E-state index contributed by atoms with van der Waals surface area (Å²) in [6.45, 7) is 26.8. The van der Waals surface area contributed by atoms with Gasteiger partial charge in [0, 0.05) is 51.3 Å². The van der Waals surface area contributed by atoms with Gasteiger partial charge in [-0.25, -0.2) is 0 Å². The van der Waals surface area contributed by atoms with E-state index in [9.17, 15) is 0 Å². The Morgan fingerprint density at radius 2 is 1.13 bits per heavy atom. The van der Waals surface area contributed by atoms with Gasteiger partial charge in [-0.15, -0.1) is 0 Å². The van der Waals surface area contributed by atoms with E-state index in [1.165, 1.54) is 164 Å². The van der Waals surface area contributed by atoms with Crippen molar-refractivity contribution in [2.45, 2.75) is 191 Å². The highest BCUT2D eigenvalue weighted by molar-refractivity contribution is 6.29. The number of aryl methyl sites for hydroxylation is 2. The second kappa shape index (κ2) is 26.1. The van der Waals surface area contributed by atoms with Crippen LogP contribution in [0.1, 0.15) is 205 Å². The summed E-state index contributed by atoms with van der Waals surface area (Å²) in [6.07, 6.45) is 28.5. The zero-order valence-electron chi connectivity index (χ0n) is 53.4. The number of nitrogens with zero attached hydrogens (tertiary/aromatic N) is 2. The second-order valence-corrected chi connectivity index (χ2v) is 25.0. The highest BCUT2D eigenvalue weighted by atomic mass is 16.5. The lowest BCUT2D eigenvalue weighted by atomic mass is 9.78. The number of allylic oxidation sites excluding steroid dienone is 8. The number of benzene rings is 8. The maximum atomic E-state index is 7.52. The molecule has 0 N–H and O–H groups in total. The molecule has 4 nitrogen and oxygen atoms in total. The largest absolute Gasteiger partial charge is 0.463 e. The molecule has 13 rings (SSSR count). The van der Waals surface area contributed by atoms with Gasteiger partial charge in [-0.3, -0.25) is 0 Å². The van der Waals surface area contributed by atoms with Gasteiger partial charge in [0.1, 0.15) is 17.1 Å². The number of para-hydroxylation sites is 4. The van der Waals surface area contributed by atoms with E-state index in [1.54, 1.807) is 0 Å². The molecule has 0 spiro atoms. The standard InChI is InChI=1S/C77H82N2O2.2C2H6/c1-9-11-27-52(10-2)54-30-18-19-32-56-55-31-22-38-68(73(45-55)80-72(56)44-54)78(66-36-20-16-25-50(66)7)70-46-64(48(3)4)58-41-43-63-71(47-65(49(5)6)59-40-42-62(70)74(58)75(59)63)79(67-37-21-17-26-51(67)8)69-39-24-35-61-60-34-23-33-57(76(60)81-77(61)69)53-28-14-12-13-15-29-53;2*1-2/h16-17,19-26,31-43,46-49,52-54H,9-15,18,27-30,44-45H2,1-8H3;2*1-2H3/b32-19-;;. The number of ether oxygens (including phenoxy) is 1. The Labute approximate surface area is 509 Å². The molecule has 1 fully saturated rings. The second-order valence-electron chi connectivity index (χ2n) is 25.0. The van der Waals surface area contributed by atoms with Gasteiger partial charge in [0.2, 0.25) is 0 Å². The van der Waals surface area contributed by atoms with Gasteiger partial charge in [-0.1, -0.05) is 236 Å². The molecular weight excluding hydrogens is 1030 g/mol. The third kappa shape index (κ3) is 11.1. The maximum absolute atomic E-state index is 7.52. The van der Waals surface area contributed by atoms with E-state index in [1.807, 2.05) is 27.7 Å². The van der Waals surface area contributed by atoms with Crippen LogP contribution in [0.4, 0.5) is 28.4 Å². The van der Waals surface area contributed by atoms with Crippen LogP contribution in [0.2, 0.25) is 0 Å². The number of furan rings is 1. The number of rotatable bonds is 14. The van der Waals surface area contributed by atoms with Gasteiger partial charge in [0.15, 0.2) is 5.58 Å². The minimum absolute atomic E-state index is 0.248. The lowest BCUT2D eigenvalue weighted by molar-refractivity contribution is 0.207. The smallest absolute Gasteiger partial charge is 0.159 e. The topological polar surface area (TPSA) is 28.9 Å². The molecule has 8 aromatic carbocycles. The molecule has 85 heavy (non-hydrogen) atoms. The highest BCUT2D eigenvalue weighted by Crippen LogP contribution is 2.54. The van der Waals surface area contributed by atoms with Crippen molar-refractivity contribution in [3.05, 3.63) is 208 Å². The molecule has 0 radical (unpaired) electrons. The lowest BCUT2D eigenvalue weighted by Crippen LogP contribution is -2.23. The minimum Gasteiger partial charge on any atom is -0.463 e. The molecule has 2 heterocycles. The van der Waals surface area contributed by atoms with E-state index in [0.717, 1.165) is 64.7 Å². The normalized spacial score (nSPS) is 17.2. The van der Waals surface area contributed by atoms with Crippen molar-refractivity contribution < 1.29 is 9.15 Å². The third-order valence-corrected chi connectivity index (χ3v) is 19.3. The van der Waals surface area contributed by atoms with Crippen molar-refractivity contribution in [3.63, 3.8) is 0 Å². The maximum Gasteiger partial charge on any atom is 0.159 e. The molecule has 440 valence electrons. The fourth-order valence-corrected chi connectivity index (χ4v) is 15.0. The van der Waals surface area contributed by atoms with E-state index in [0.29, 0.717) is 17.8 Å². The van der Waals surface area contributed by atoms with Crippen LogP contribution in [0, 0.1) is 25.7 Å². The number of hydrogen-bond donors (Lipinski definition) is 0. The van der Waals surface area contributed by atoms with Gasteiger partial charge in [0.25, 0.3) is 0 Å². The van der Waals surface area contributed by atoms with Crippen LogP contribution in [-0.2, 0) is 4.74 Å². The first-order chi connectivity index (χ1) is 41.6. The SMILES string of the molecule is CC.CC.CCCCC(CC)C1CC/C=C\C2=C(C1)OC1=C(N(c3ccccc3C)c3cc(C(C)C)c4ccc5c(N(c6ccccc6C)c6cccc7c6oc6c(C8CCCCCC8)cccc67)cc(C(C)C)c6ccc3c4c65)C=CC=C2C1. The molecule has 0 amide bonds. The molecule has 4 heteroatoms. The van der Waals surface area contributed by atoms with Gasteiger partial charge < -0.3 is 19.0 Å². The number of hydrogen-bond acceptors (Lipinski definition) is 4. The van der Waals surface area contributed by atoms with Crippen LogP contribution in [-0.4, -0.2) is 0 Å².